The van der Waals surface area contributed by atoms with Crippen molar-refractivity contribution in [1.29, 1.82) is 0 Å². The maximum absolute atomic E-state index is 11.1. The van der Waals surface area contributed by atoms with E-state index in [1.54, 1.807) is 18.9 Å². The van der Waals surface area contributed by atoms with Crippen LogP contribution in [0.2, 0.25) is 0 Å². The van der Waals surface area contributed by atoms with Gasteiger partial charge in [-0.05, 0) is 0 Å². The van der Waals surface area contributed by atoms with Gasteiger partial charge in [0.1, 0.15) is 5.02 Å². The number of ether oxygens (including phenoxy) is 1. The Bertz CT molecular complexity index is 425. The summed E-state index contributed by atoms with van der Waals surface area (Å²) in [5, 5.41) is 11.3. The molecule has 0 atom stereocenters. The quantitative estimate of drug-likeness (QED) is 0.524. The number of esters is 1. The maximum Gasteiger partial charge on any atom is 0.311 e. The van der Waals surface area contributed by atoms with Crippen molar-refractivity contribution in [2.24, 2.45) is 11.8 Å². The molecule has 18 heavy (non-hydrogen) atoms. The fraction of sp³-hybridized carbons (Fsp3) is 0.778. The van der Waals surface area contributed by atoms with Crippen molar-refractivity contribution in [2.75, 3.05) is 24.9 Å². The molecule has 0 aliphatic carbocycles. The number of rotatable bonds is 6. The lowest BCUT2D eigenvalue weighted by molar-refractivity contribution is -0.163. The van der Waals surface area contributed by atoms with E-state index in [4.69, 9.17) is 19.3 Å². The summed E-state index contributed by atoms with van der Waals surface area (Å²) in [7, 11) is 0. The molecule has 1 aromatic rings. The Morgan fingerprint density at radius 3 is 2.67 bits per heavy atom. The molecule has 2 rings (SSSR count). The summed E-state index contributed by atoms with van der Waals surface area (Å²) in [5.74, 6) is -1.79. The summed E-state index contributed by atoms with van der Waals surface area (Å²) in [6, 6.07) is 0. The SMILES string of the molecule is CC(C)C(=O)OCOn1on1N1CC(C(=O)O)C1. The molecule has 1 fully saturated rings. The predicted molar refractivity (Wildman–Crippen MR) is 56.1 cm³/mol. The van der Waals surface area contributed by atoms with Crippen molar-refractivity contribution < 1.29 is 28.9 Å². The van der Waals surface area contributed by atoms with E-state index in [0.29, 0.717) is 13.1 Å². The lowest BCUT2D eigenvalue weighted by Gasteiger charge is -2.32. The van der Waals surface area contributed by atoms with Crippen LogP contribution in [0.5, 0.6) is 0 Å². The molecule has 1 aromatic heterocycles. The van der Waals surface area contributed by atoms with Crippen LogP contribution in [0.25, 0.3) is 0 Å². The molecule has 0 spiro atoms. The molecule has 102 valence electrons. The van der Waals surface area contributed by atoms with Gasteiger partial charge in [-0.1, -0.05) is 13.8 Å². The number of carboxylic acid groups (broad SMARTS) is 1. The molecule has 9 heteroatoms. The Hall–Kier alpha value is -2.06. The van der Waals surface area contributed by atoms with Gasteiger partial charge in [0.15, 0.2) is 0 Å². The Morgan fingerprint density at radius 1 is 1.44 bits per heavy atom. The molecule has 0 unspecified atom stereocenters. The summed E-state index contributed by atoms with van der Waals surface area (Å²) in [4.78, 5) is 27.9. The highest BCUT2D eigenvalue weighted by Gasteiger charge is 2.38. The lowest BCUT2D eigenvalue weighted by Crippen LogP contribution is -2.55. The van der Waals surface area contributed by atoms with Crippen molar-refractivity contribution in [3.63, 3.8) is 0 Å². The topological polar surface area (TPSA) is 99.1 Å². The number of carbonyl (C=O) groups is 2. The van der Waals surface area contributed by atoms with Crippen molar-refractivity contribution in [3.8, 4) is 0 Å². The van der Waals surface area contributed by atoms with Crippen LogP contribution in [0, 0.1) is 11.8 Å². The Labute approximate surface area is 102 Å². The van der Waals surface area contributed by atoms with Gasteiger partial charge in [-0.25, -0.2) is 0 Å². The average Bonchev–Trinajstić information content (AvgIpc) is 2.94. The number of nitrogens with zero attached hydrogens (tertiary/aromatic N) is 3. The first kappa shape index (κ1) is 12.4. The van der Waals surface area contributed by atoms with Crippen LogP contribution in [0.3, 0.4) is 0 Å². The normalized spacial score (nSPS) is 15.8. The molecule has 1 aliphatic rings. The second-order valence-corrected chi connectivity index (χ2v) is 4.34. The van der Waals surface area contributed by atoms with Crippen molar-refractivity contribution in [2.45, 2.75) is 13.8 Å². The second-order valence-electron chi connectivity index (χ2n) is 4.34. The summed E-state index contributed by atoms with van der Waals surface area (Å²) in [5.41, 5.74) is 0. The Morgan fingerprint density at radius 2 is 2.11 bits per heavy atom. The molecule has 2 heterocycles. The standard InChI is InChI=1S/C9H15N3O6/c1-6(2)9(15)16-5-17-12-11(18-12)10-3-7(4-10)8(13)14/h6-7H,3-5H2,1-2H3,(H,13,14). The van der Waals surface area contributed by atoms with Crippen LogP contribution >= 0.6 is 0 Å². The maximum atomic E-state index is 11.1. The third-order valence-electron chi connectivity index (χ3n) is 2.55. The summed E-state index contributed by atoms with van der Waals surface area (Å²) in [6.45, 7) is 3.91. The zero-order valence-electron chi connectivity index (χ0n) is 10.1. The summed E-state index contributed by atoms with van der Waals surface area (Å²) < 4.78 is 9.65. The Balaban J connectivity index is 1.64. The first-order valence-electron chi connectivity index (χ1n) is 5.54. The van der Waals surface area contributed by atoms with Crippen molar-refractivity contribution in [3.05, 3.63) is 0 Å². The van der Waals surface area contributed by atoms with Crippen LogP contribution < -0.4 is 9.85 Å². The molecular weight excluding hydrogens is 246 g/mol. The summed E-state index contributed by atoms with van der Waals surface area (Å²) >= 11 is 0. The molecule has 0 amide bonds. The fourth-order valence-electron chi connectivity index (χ4n) is 1.32. The number of carbonyl (C=O) groups excluding carboxylic acids is 1. The zero-order valence-corrected chi connectivity index (χ0v) is 10.1. The smallest absolute Gasteiger partial charge is 0.311 e. The minimum Gasteiger partial charge on any atom is -0.481 e. The van der Waals surface area contributed by atoms with E-state index in [1.165, 1.54) is 4.96 Å². The number of hydrogen-bond acceptors (Lipinski definition) is 6. The average molecular weight is 261 g/mol. The summed E-state index contributed by atoms with van der Waals surface area (Å²) in [6.07, 6.45) is 0. The van der Waals surface area contributed by atoms with Crippen LogP contribution in [-0.2, 0) is 14.3 Å². The molecular formula is C9H15N3O6. The predicted octanol–water partition coefficient (Wildman–Crippen LogP) is -0.880. The monoisotopic (exact) mass is 261 g/mol. The van der Waals surface area contributed by atoms with Gasteiger partial charge in [-0.3, -0.25) is 14.6 Å². The minimum absolute atomic E-state index is 0.216. The largest absolute Gasteiger partial charge is 0.481 e. The van der Waals surface area contributed by atoms with Crippen LogP contribution in [0.1, 0.15) is 13.8 Å². The highest BCUT2D eigenvalue weighted by molar-refractivity contribution is 5.72. The van der Waals surface area contributed by atoms with E-state index in [2.05, 4.69) is 0 Å². The van der Waals surface area contributed by atoms with Crippen molar-refractivity contribution in [1.82, 2.24) is 9.98 Å². The second kappa shape index (κ2) is 4.67. The first-order chi connectivity index (χ1) is 8.49. The van der Waals surface area contributed by atoms with Crippen LogP contribution in [-0.4, -0.2) is 46.9 Å². The minimum atomic E-state index is -0.827. The third kappa shape index (κ3) is 2.60. The first-order valence-corrected chi connectivity index (χ1v) is 5.54. The number of aliphatic carboxylic acids is 1. The zero-order chi connectivity index (χ0) is 13.3. The van der Waals surface area contributed by atoms with Gasteiger partial charge in [-0.2, -0.15) is 4.63 Å². The van der Waals surface area contributed by atoms with Crippen molar-refractivity contribution >= 4 is 11.9 Å². The van der Waals surface area contributed by atoms with Gasteiger partial charge in [0.25, 0.3) is 6.79 Å². The third-order valence-corrected chi connectivity index (χ3v) is 2.55. The van der Waals surface area contributed by atoms with Gasteiger partial charge in [-0.15, -0.1) is 0 Å². The number of carboxylic acids is 1. The van der Waals surface area contributed by atoms with E-state index in [-0.39, 0.29) is 24.6 Å². The molecule has 0 radical (unpaired) electrons. The van der Waals surface area contributed by atoms with Gasteiger partial charge in [0.05, 0.1) is 24.9 Å². The van der Waals surface area contributed by atoms with Gasteiger partial charge >= 0.3 is 11.9 Å². The molecule has 9 nitrogen and oxygen atoms in total. The van der Waals surface area contributed by atoms with Crippen LogP contribution in [0.15, 0.2) is 4.63 Å². The Kier molecular flexibility index (Phi) is 3.21. The van der Waals surface area contributed by atoms with E-state index in [9.17, 15) is 9.59 Å². The lowest BCUT2D eigenvalue weighted by atomic mass is 10.0. The van der Waals surface area contributed by atoms with Gasteiger partial charge < -0.3 is 14.7 Å². The number of hydrogen-bond donors (Lipinski definition) is 1. The van der Waals surface area contributed by atoms with Gasteiger partial charge in [0, 0.05) is 4.96 Å². The molecule has 0 saturated carbocycles. The molecule has 1 aliphatic heterocycles. The van der Waals surface area contributed by atoms with E-state index >= 15 is 0 Å². The highest BCUT2D eigenvalue weighted by Crippen LogP contribution is 2.15. The van der Waals surface area contributed by atoms with E-state index in [1.807, 2.05) is 0 Å². The fourth-order valence-corrected chi connectivity index (χ4v) is 1.32. The van der Waals surface area contributed by atoms with Crippen LogP contribution in [0.4, 0.5) is 0 Å². The molecule has 1 saturated heterocycles. The number of aromatic nitrogens is 2. The molecule has 1 N–H and O–H groups in total. The molecule has 0 bridgehead atoms. The van der Waals surface area contributed by atoms with E-state index < -0.39 is 5.97 Å². The highest BCUT2D eigenvalue weighted by atomic mass is 17.0. The molecule has 0 aromatic carbocycles. The van der Waals surface area contributed by atoms with E-state index in [0.717, 1.165) is 5.02 Å². The van der Waals surface area contributed by atoms with Gasteiger partial charge in [0.2, 0.25) is 0 Å².